The Morgan fingerprint density at radius 1 is 0.939 bits per heavy atom. The van der Waals surface area contributed by atoms with Gasteiger partial charge in [0.05, 0.1) is 20.8 Å². The van der Waals surface area contributed by atoms with Crippen molar-refractivity contribution in [2.45, 2.75) is 46.2 Å². The van der Waals surface area contributed by atoms with Crippen LogP contribution in [0.25, 0.3) is 0 Å². The summed E-state index contributed by atoms with van der Waals surface area (Å²) in [5, 5.41) is 2.93. The smallest absolute Gasteiger partial charge is 0.242 e. The van der Waals surface area contributed by atoms with Gasteiger partial charge in [0, 0.05) is 19.5 Å². The summed E-state index contributed by atoms with van der Waals surface area (Å²) in [5.74, 6) is 2.27. The fourth-order valence-electron chi connectivity index (χ4n) is 3.23. The third kappa shape index (κ3) is 8.67. The van der Waals surface area contributed by atoms with Crippen molar-refractivity contribution in [3.63, 3.8) is 0 Å². The van der Waals surface area contributed by atoms with Gasteiger partial charge in [-0.25, -0.2) is 0 Å². The molecule has 2 aromatic rings. The van der Waals surface area contributed by atoms with Crippen LogP contribution < -0.4 is 19.5 Å². The molecular weight excluding hydrogens is 420 g/mol. The molecule has 180 valence electrons. The van der Waals surface area contributed by atoms with Gasteiger partial charge in [-0.3, -0.25) is 9.59 Å². The Kier molecular flexibility index (Phi) is 10.5. The molecule has 0 spiro atoms. The monoisotopic (exact) mass is 456 g/mol. The summed E-state index contributed by atoms with van der Waals surface area (Å²) in [6, 6.07) is 14.3. The van der Waals surface area contributed by atoms with E-state index in [1.807, 2.05) is 62.4 Å². The Hall–Kier alpha value is -3.22. The van der Waals surface area contributed by atoms with Crippen LogP contribution in [0.3, 0.4) is 0 Å². The van der Waals surface area contributed by atoms with Gasteiger partial charge in [-0.05, 0) is 61.2 Å². The van der Waals surface area contributed by atoms with Crippen LogP contribution in [0.5, 0.6) is 17.2 Å². The number of methoxy groups -OCH3 is 2. The van der Waals surface area contributed by atoms with Crippen molar-refractivity contribution in [2.24, 2.45) is 5.92 Å². The van der Waals surface area contributed by atoms with Gasteiger partial charge in [0.1, 0.15) is 23.3 Å². The van der Waals surface area contributed by atoms with E-state index in [1.54, 1.807) is 26.0 Å². The molecule has 1 atom stereocenters. The van der Waals surface area contributed by atoms with E-state index in [0.717, 1.165) is 17.1 Å². The number of nitrogens with zero attached hydrogens (tertiary/aromatic N) is 1. The lowest BCUT2D eigenvalue weighted by atomic mass is 10.1. The molecule has 2 rings (SSSR count). The van der Waals surface area contributed by atoms with Gasteiger partial charge >= 0.3 is 0 Å². The first-order valence-corrected chi connectivity index (χ1v) is 11.3. The zero-order valence-corrected chi connectivity index (χ0v) is 20.3. The molecule has 0 radical (unpaired) electrons. The van der Waals surface area contributed by atoms with Crippen LogP contribution in [-0.4, -0.2) is 50.1 Å². The molecule has 2 aromatic carbocycles. The quantitative estimate of drug-likeness (QED) is 0.460. The minimum atomic E-state index is -0.593. The second kappa shape index (κ2) is 13.4. The standard InChI is InChI=1S/C26H36N2O5/c1-19(2)17-27-26(30)20(3)28(18-21-8-6-9-24(16-21)32-5)25(29)10-7-15-33-23-13-11-22(31-4)12-14-23/h6,8-9,11-14,16,19-20H,7,10,15,17-18H2,1-5H3,(H,27,30)/t20-/m1/s1. The maximum Gasteiger partial charge on any atom is 0.242 e. The number of benzene rings is 2. The van der Waals surface area contributed by atoms with Gasteiger partial charge in [0.15, 0.2) is 0 Å². The molecule has 0 unspecified atom stereocenters. The Morgan fingerprint density at radius 3 is 2.24 bits per heavy atom. The van der Waals surface area contributed by atoms with Crippen molar-refractivity contribution >= 4 is 11.8 Å². The van der Waals surface area contributed by atoms with Crippen LogP contribution in [0.2, 0.25) is 0 Å². The van der Waals surface area contributed by atoms with Crippen molar-refractivity contribution in [1.29, 1.82) is 0 Å². The third-order valence-electron chi connectivity index (χ3n) is 5.20. The van der Waals surface area contributed by atoms with Crippen molar-refractivity contribution < 1.29 is 23.8 Å². The Labute approximate surface area is 197 Å². The van der Waals surface area contributed by atoms with Crippen molar-refractivity contribution in [2.75, 3.05) is 27.4 Å². The number of hydrogen-bond acceptors (Lipinski definition) is 5. The van der Waals surface area contributed by atoms with Crippen molar-refractivity contribution in [3.8, 4) is 17.2 Å². The summed E-state index contributed by atoms with van der Waals surface area (Å²) < 4.78 is 16.2. The minimum absolute atomic E-state index is 0.0941. The molecular formula is C26H36N2O5. The first kappa shape index (κ1) is 26.0. The number of nitrogens with one attached hydrogen (secondary N) is 1. The zero-order valence-electron chi connectivity index (χ0n) is 20.3. The second-order valence-corrected chi connectivity index (χ2v) is 8.32. The molecule has 33 heavy (non-hydrogen) atoms. The van der Waals surface area contributed by atoms with Crippen LogP contribution in [-0.2, 0) is 16.1 Å². The van der Waals surface area contributed by atoms with Crippen molar-refractivity contribution in [1.82, 2.24) is 10.2 Å². The molecule has 0 saturated carbocycles. The largest absolute Gasteiger partial charge is 0.497 e. The normalized spacial score (nSPS) is 11.6. The van der Waals surface area contributed by atoms with Gasteiger partial charge in [-0.15, -0.1) is 0 Å². The highest BCUT2D eigenvalue weighted by atomic mass is 16.5. The van der Waals surface area contributed by atoms with Crippen molar-refractivity contribution in [3.05, 3.63) is 54.1 Å². The van der Waals surface area contributed by atoms with Crippen LogP contribution in [0.15, 0.2) is 48.5 Å². The topological polar surface area (TPSA) is 77.1 Å². The number of carbonyl (C=O) groups excluding carboxylic acids is 2. The average molecular weight is 457 g/mol. The summed E-state index contributed by atoms with van der Waals surface area (Å²) in [4.78, 5) is 27.5. The van der Waals surface area contributed by atoms with Crippen LogP contribution in [0, 0.1) is 5.92 Å². The fourth-order valence-corrected chi connectivity index (χ4v) is 3.23. The first-order chi connectivity index (χ1) is 15.8. The molecule has 1 N–H and O–H groups in total. The van der Waals surface area contributed by atoms with Crippen LogP contribution >= 0.6 is 0 Å². The highest BCUT2D eigenvalue weighted by Gasteiger charge is 2.26. The predicted octanol–water partition coefficient (Wildman–Crippen LogP) is 4.05. The molecule has 0 aliphatic rings. The average Bonchev–Trinajstić information content (AvgIpc) is 2.83. The van der Waals surface area contributed by atoms with E-state index in [-0.39, 0.29) is 18.2 Å². The summed E-state index contributed by atoms with van der Waals surface area (Å²) in [6.07, 6.45) is 0.821. The number of rotatable bonds is 13. The summed E-state index contributed by atoms with van der Waals surface area (Å²) in [7, 11) is 3.22. The van der Waals surface area contributed by atoms with E-state index in [9.17, 15) is 9.59 Å². The maximum atomic E-state index is 13.1. The molecule has 7 heteroatoms. The highest BCUT2D eigenvalue weighted by molar-refractivity contribution is 5.87. The zero-order chi connectivity index (χ0) is 24.2. The molecule has 0 aliphatic heterocycles. The molecule has 0 aromatic heterocycles. The van der Waals surface area contributed by atoms with E-state index in [4.69, 9.17) is 14.2 Å². The second-order valence-electron chi connectivity index (χ2n) is 8.32. The highest BCUT2D eigenvalue weighted by Crippen LogP contribution is 2.19. The van der Waals surface area contributed by atoms with Gasteiger partial charge in [-0.1, -0.05) is 26.0 Å². The molecule has 0 fully saturated rings. The lowest BCUT2D eigenvalue weighted by Gasteiger charge is -2.29. The SMILES string of the molecule is COc1ccc(OCCCC(=O)N(Cc2cccc(OC)c2)[C@H](C)C(=O)NCC(C)C)cc1. The molecule has 0 aliphatic carbocycles. The molecule has 2 amide bonds. The number of amides is 2. The van der Waals surface area contributed by atoms with E-state index in [0.29, 0.717) is 37.8 Å². The van der Waals surface area contributed by atoms with E-state index >= 15 is 0 Å². The van der Waals surface area contributed by atoms with Gasteiger partial charge in [-0.2, -0.15) is 0 Å². The van der Waals surface area contributed by atoms with Gasteiger partial charge < -0.3 is 24.4 Å². The fraction of sp³-hybridized carbons (Fsp3) is 0.462. The Bertz CT molecular complexity index is 883. The van der Waals surface area contributed by atoms with E-state index in [1.165, 1.54) is 0 Å². The lowest BCUT2D eigenvalue weighted by Crippen LogP contribution is -2.48. The summed E-state index contributed by atoms with van der Waals surface area (Å²) in [6.45, 7) is 7.13. The Morgan fingerprint density at radius 2 is 1.61 bits per heavy atom. The molecule has 0 heterocycles. The minimum Gasteiger partial charge on any atom is -0.497 e. The Balaban J connectivity index is 2.00. The summed E-state index contributed by atoms with van der Waals surface area (Å²) in [5.41, 5.74) is 0.903. The van der Waals surface area contributed by atoms with Crippen LogP contribution in [0.4, 0.5) is 0 Å². The third-order valence-corrected chi connectivity index (χ3v) is 5.20. The number of hydrogen-bond donors (Lipinski definition) is 1. The lowest BCUT2D eigenvalue weighted by molar-refractivity contribution is -0.140. The van der Waals surface area contributed by atoms with E-state index < -0.39 is 6.04 Å². The number of ether oxygens (including phenoxy) is 3. The first-order valence-electron chi connectivity index (χ1n) is 11.3. The van der Waals surface area contributed by atoms with Gasteiger partial charge in [0.25, 0.3) is 0 Å². The summed E-state index contributed by atoms with van der Waals surface area (Å²) >= 11 is 0. The van der Waals surface area contributed by atoms with Gasteiger partial charge in [0.2, 0.25) is 11.8 Å². The number of carbonyl (C=O) groups is 2. The van der Waals surface area contributed by atoms with E-state index in [2.05, 4.69) is 5.32 Å². The molecule has 0 saturated heterocycles. The molecule has 0 bridgehead atoms. The van der Waals surface area contributed by atoms with Crippen LogP contribution in [0.1, 0.15) is 39.2 Å². The predicted molar refractivity (Wildman–Crippen MR) is 129 cm³/mol. The molecule has 7 nitrogen and oxygen atoms in total. The maximum absolute atomic E-state index is 13.1.